The zero-order valence-corrected chi connectivity index (χ0v) is 12.1. The number of aldehydes is 1. The van der Waals surface area contributed by atoms with Gasteiger partial charge in [0, 0.05) is 24.8 Å². The second-order valence-electron chi connectivity index (χ2n) is 4.62. The molecule has 114 valence electrons. The number of allylic oxidation sites excluding steroid dienone is 2. The molecule has 0 N–H and O–H groups in total. The molecule has 21 heavy (non-hydrogen) atoms. The van der Waals surface area contributed by atoms with Gasteiger partial charge in [-0.25, -0.2) is 0 Å². The maximum Gasteiger partial charge on any atom is 0.417 e. The van der Waals surface area contributed by atoms with Crippen LogP contribution in [-0.4, -0.2) is 26.1 Å². The van der Waals surface area contributed by atoms with E-state index in [1.807, 2.05) is 6.92 Å². The molecule has 0 atom stereocenters. The number of carbonyl (C=O) groups excluding carboxylic acids is 1. The lowest BCUT2D eigenvalue weighted by atomic mass is 9.99. The molecule has 1 aromatic rings. The van der Waals surface area contributed by atoms with E-state index in [0.717, 1.165) is 6.42 Å². The fourth-order valence-electron chi connectivity index (χ4n) is 2.09. The highest BCUT2D eigenvalue weighted by Gasteiger charge is 2.36. The van der Waals surface area contributed by atoms with E-state index in [1.54, 1.807) is 24.1 Å². The first-order chi connectivity index (χ1) is 9.85. The molecule has 0 saturated heterocycles. The van der Waals surface area contributed by atoms with Gasteiger partial charge in [-0.15, -0.1) is 0 Å². The Bertz CT molecular complexity index is 547. The summed E-state index contributed by atoms with van der Waals surface area (Å²) in [5.74, 6) is 0. The van der Waals surface area contributed by atoms with Crippen LogP contribution in [0.3, 0.4) is 0 Å². The summed E-state index contributed by atoms with van der Waals surface area (Å²) in [7, 11) is 1.73. The summed E-state index contributed by atoms with van der Waals surface area (Å²) in [5, 5.41) is 0. The molecule has 0 bridgehead atoms. The van der Waals surface area contributed by atoms with Crippen LogP contribution in [-0.2, 0) is 4.79 Å². The smallest absolute Gasteiger partial charge is 0.374 e. The Morgan fingerprint density at radius 2 is 2.05 bits per heavy atom. The van der Waals surface area contributed by atoms with E-state index < -0.39 is 11.7 Å². The monoisotopic (exact) mass is 297 g/mol. The van der Waals surface area contributed by atoms with Crippen molar-refractivity contribution >= 4 is 23.6 Å². The Morgan fingerprint density at radius 1 is 1.38 bits per heavy atom. The van der Waals surface area contributed by atoms with Crippen LogP contribution in [0.4, 0.5) is 18.9 Å². The molecule has 0 aliphatic heterocycles. The normalized spacial score (nSPS) is 12.1. The molecule has 0 saturated carbocycles. The summed E-state index contributed by atoms with van der Waals surface area (Å²) >= 11 is 0. The predicted molar refractivity (Wildman–Crippen MR) is 80.2 cm³/mol. The number of hydrogen-bond acceptors (Lipinski definition) is 2. The van der Waals surface area contributed by atoms with Crippen LogP contribution in [0.1, 0.15) is 24.5 Å². The Hall–Kier alpha value is -2.04. The first kappa shape index (κ1) is 17.0. The maximum absolute atomic E-state index is 13.2. The molecular formula is C16H18F3NO. The highest BCUT2D eigenvalue weighted by Crippen LogP contribution is 2.38. The summed E-state index contributed by atoms with van der Waals surface area (Å²) in [6.07, 6.45) is -1.60. The largest absolute Gasteiger partial charge is 0.417 e. The third-order valence-corrected chi connectivity index (χ3v) is 3.06. The Morgan fingerprint density at radius 3 is 2.52 bits per heavy atom. The van der Waals surface area contributed by atoms with Gasteiger partial charge in [0.1, 0.15) is 6.29 Å². The van der Waals surface area contributed by atoms with Gasteiger partial charge in [0.2, 0.25) is 0 Å². The zero-order chi connectivity index (χ0) is 16.0. The highest BCUT2D eigenvalue weighted by atomic mass is 19.4. The van der Waals surface area contributed by atoms with Crippen LogP contribution in [0.15, 0.2) is 30.9 Å². The van der Waals surface area contributed by atoms with Crippen LogP contribution < -0.4 is 4.90 Å². The fraction of sp³-hybridized carbons (Fsp3) is 0.312. The Labute approximate surface area is 122 Å². The minimum absolute atomic E-state index is 0.0112. The summed E-state index contributed by atoms with van der Waals surface area (Å²) in [6.45, 7) is 6.13. The van der Waals surface area contributed by atoms with Crippen molar-refractivity contribution in [2.75, 3.05) is 18.5 Å². The quantitative estimate of drug-likeness (QED) is 0.575. The number of anilines is 1. The lowest BCUT2D eigenvalue weighted by Crippen LogP contribution is -2.21. The highest BCUT2D eigenvalue weighted by molar-refractivity contribution is 5.89. The van der Waals surface area contributed by atoms with Crippen LogP contribution in [0.5, 0.6) is 0 Å². The number of benzene rings is 1. The average Bonchev–Trinajstić information content (AvgIpc) is 2.43. The van der Waals surface area contributed by atoms with Gasteiger partial charge in [-0.3, -0.25) is 4.79 Å². The second-order valence-corrected chi connectivity index (χ2v) is 4.62. The molecule has 1 aromatic carbocycles. The predicted octanol–water partition coefficient (Wildman–Crippen LogP) is 4.32. The molecule has 0 unspecified atom stereocenters. The van der Waals surface area contributed by atoms with E-state index in [9.17, 15) is 18.0 Å². The summed E-state index contributed by atoms with van der Waals surface area (Å²) in [4.78, 5) is 12.3. The average molecular weight is 297 g/mol. The number of halogens is 3. The third kappa shape index (κ3) is 4.21. The standard InChI is InChI=1S/C16H18F3NO/c1-4-9-20(3)15-7-6-12(5-2)11-13(15)14(8-10-21)16(17,18)19/h5-8,10-11H,2,4,9H2,1,3H3/b14-8+. The lowest BCUT2D eigenvalue weighted by molar-refractivity contribution is -0.104. The SMILES string of the molecule is C=Cc1ccc(N(C)CCC)c(/C(=C\C=O)C(F)(F)F)c1. The fourth-order valence-corrected chi connectivity index (χ4v) is 2.09. The van der Waals surface area contributed by atoms with E-state index >= 15 is 0 Å². The van der Waals surface area contributed by atoms with Gasteiger partial charge < -0.3 is 4.90 Å². The van der Waals surface area contributed by atoms with E-state index in [-0.39, 0.29) is 11.8 Å². The van der Waals surface area contributed by atoms with Gasteiger partial charge in [0.05, 0.1) is 5.57 Å². The summed E-state index contributed by atoms with van der Waals surface area (Å²) < 4.78 is 39.6. The van der Waals surface area contributed by atoms with Crippen molar-refractivity contribution in [1.82, 2.24) is 0 Å². The summed E-state index contributed by atoms with van der Waals surface area (Å²) in [6, 6.07) is 4.72. The van der Waals surface area contributed by atoms with E-state index in [2.05, 4.69) is 6.58 Å². The molecule has 0 amide bonds. The van der Waals surface area contributed by atoms with Gasteiger partial charge in [-0.1, -0.05) is 25.6 Å². The Balaban J connectivity index is 3.51. The molecule has 2 nitrogen and oxygen atoms in total. The van der Waals surface area contributed by atoms with Crippen LogP contribution in [0.25, 0.3) is 11.6 Å². The Kier molecular flexibility index (Phi) is 5.76. The van der Waals surface area contributed by atoms with Crippen molar-refractivity contribution in [3.63, 3.8) is 0 Å². The van der Waals surface area contributed by atoms with E-state index in [4.69, 9.17) is 0 Å². The molecule has 0 aliphatic rings. The molecule has 5 heteroatoms. The molecule has 0 spiro atoms. The molecule has 0 radical (unpaired) electrons. The van der Waals surface area contributed by atoms with E-state index in [0.29, 0.717) is 23.9 Å². The van der Waals surface area contributed by atoms with Gasteiger partial charge in [-0.2, -0.15) is 13.2 Å². The van der Waals surface area contributed by atoms with Crippen molar-refractivity contribution in [3.05, 3.63) is 42.0 Å². The number of carbonyl (C=O) groups is 1. The molecular weight excluding hydrogens is 279 g/mol. The maximum atomic E-state index is 13.2. The lowest BCUT2D eigenvalue weighted by Gasteiger charge is -2.24. The van der Waals surface area contributed by atoms with Crippen molar-refractivity contribution < 1.29 is 18.0 Å². The van der Waals surface area contributed by atoms with Crippen LogP contribution in [0, 0.1) is 0 Å². The van der Waals surface area contributed by atoms with Crippen LogP contribution in [0.2, 0.25) is 0 Å². The number of alkyl halides is 3. The minimum Gasteiger partial charge on any atom is -0.374 e. The topological polar surface area (TPSA) is 20.3 Å². The first-order valence-corrected chi connectivity index (χ1v) is 6.55. The number of rotatable bonds is 6. The van der Waals surface area contributed by atoms with E-state index in [1.165, 1.54) is 12.1 Å². The van der Waals surface area contributed by atoms with Gasteiger partial charge in [-0.05, 0) is 30.2 Å². The van der Waals surface area contributed by atoms with Crippen LogP contribution >= 0.6 is 0 Å². The molecule has 0 heterocycles. The summed E-state index contributed by atoms with van der Waals surface area (Å²) in [5.41, 5.74) is 0.0506. The third-order valence-electron chi connectivity index (χ3n) is 3.06. The van der Waals surface area contributed by atoms with Gasteiger partial charge >= 0.3 is 6.18 Å². The number of hydrogen-bond donors (Lipinski definition) is 0. The molecule has 1 rings (SSSR count). The van der Waals surface area contributed by atoms with Crippen molar-refractivity contribution in [2.45, 2.75) is 19.5 Å². The molecule has 0 aromatic heterocycles. The van der Waals surface area contributed by atoms with Crippen molar-refractivity contribution in [3.8, 4) is 0 Å². The van der Waals surface area contributed by atoms with Gasteiger partial charge in [0.15, 0.2) is 0 Å². The first-order valence-electron chi connectivity index (χ1n) is 6.55. The van der Waals surface area contributed by atoms with Gasteiger partial charge in [0.25, 0.3) is 0 Å². The molecule has 0 fully saturated rings. The zero-order valence-electron chi connectivity index (χ0n) is 12.1. The van der Waals surface area contributed by atoms with Crippen molar-refractivity contribution in [2.24, 2.45) is 0 Å². The molecule has 0 aliphatic carbocycles. The van der Waals surface area contributed by atoms with Crippen molar-refractivity contribution in [1.29, 1.82) is 0 Å². The number of nitrogens with zero attached hydrogens (tertiary/aromatic N) is 1. The second kappa shape index (κ2) is 7.11. The minimum atomic E-state index is -4.59.